The van der Waals surface area contributed by atoms with E-state index in [0.717, 1.165) is 25.8 Å². The van der Waals surface area contributed by atoms with Crippen LogP contribution in [0.4, 0.5) is 0 Å². The van der Waals surface area contributed by atoms with Gasteiger partial charge in [-0.1, -0.05) is 25.1 Å². The highest BCUT2D eigenvalue weighted by molar-refractivity contribution is 7.91. The van der Waals surface area contributed by atoms with Gasteiger partial charge in [0.15, 0.2) is 9.84 Å². The van der Waals surface area contributed by atoms with Gasteiger partial charge in [-0.2, -0.15) is 0 Å². The lowest BCUT2D eigenvalue weighted by Gasteiger charge is -2.25. The van der Waals surface area contributed by atoms with Gasteiger partial charge >= 0.3 is 0 Å². The van der Waals surface area contributed by atoms with Gasteiger partial charge < -0.3 is 23.3 Å². The number of hydrogen-bond donors (Lipinski definition) is 1. The summed E-state index contributed by atoms with van der Waals surface area (Å²) in [6.07, 6.45) is 5.36. The Balaban J connectivity index is 1.18. The van der Waals surface area contributed by atoms with Gasteiger partial charge in [0.1, 0.15) is 11.9 Å². The van der Waals surface area contributed by atoms with E-state index < -0.39 is 24.5 Å². The van der Waals surface area contributed by atoms with Crippen LogP contribution in [0.2, 0.25) is 0 Å². The van der Waals surface area contributed by atoms with Crippen molar-refractivity contribution in [1.29, 1.82) is 0 Å². The average molecular weight is 533 g/mol. The molecule has 3 aliphatic rings. The first kappa shape index (κ1) is 24.2. The number of aromatic nitrogens is 3. The van der Waals surface area contributed by atoms with Crippen LogP contribution in [0, 0.1) is 0 Å². The SMILES string of the molecule is CC[C@H]1O[C@@H](n2ccc3c(=O)[nH]cnc32)CC1O[P@]1O[C@@H](CS(=O)(=O)c2ccccc2)[C@H]2CCCN21. The summed E-state index contributed by atoms with van der Waals surface area (Å²) in [5, 5.41) is 0.518. The van der Waals surface area contributed by atoms with Crippen molar-refractivity contribution in [2.45, 2.75) is 68.1 Å². The third-order valence-corrected chi connectivity index (χ3v) is 10.8. The first-order chi connectivity index (χ1) is 17.4. The van der Waals surface area contributed by atoms with Crippen LogP contribution >= 0.6 is 8.53 Å². The Morgan fingerprint density at radius 3 is 2.86 bits per heavy atom. The van der Waals surface area contributed by atoms with Gasteiger partial charge in [0.25, 0.3) is 14.1 Å². The highest BCUT2D eigenvalue weighted by Gasteiger charge is 2.50. The van der Waals surface area contributed by atoms with Crippen molar-refractivity contribution in [2.75, 3.05) is 12.3 Å². The molecule has 36 heavy (non-hydrogen) atoms. The number of fused-ring (bicyclic) bond motifs is 2. The molecule has 3 fully saturated rings. The molecule has 0 radical (unpaired) electrons. The van der Waals surface area contributed by atoms with Crippen molar-refractivity contribution in [3.05, 3.63) is 59.3 Å². The number of nitrogens with zero attached hydrogens (tertiary/aromatic N) is 3. The molecule has 3 aromatic rings. The van der Waals surface area contributed by atoms with Gasteiger partial charge in [-0.15, -0.1) is 0 Å². The minimum atomic E-state index is -3.47. The summed E-state index contributed by atoms with van der Waals surface area (Å²) >= 11 is 0. The van der Waals surface area contributed by atoms with Crippen molar-refractivity contribution in [3.63, 3.8) is 0 Å². The number of hydrogen-bond acceptors (Lipinski definition) is 8. The molecule has 2 aromatic heterocycles. The second-order valence-electron chi connectivity index (χ2n) is 9.46. The molecule has 1 unspecified atom stereocenters. The summed E-state index contributed by atoms with van der Waals surface area (Å²) in [4.78, 5) is 19.4. The van der Waals surface area contributed by atoms with Crippen LogP contribution in [0.3, 0.4) is 0 Å². The predicted molar refractivity (Wildman–Crippen MR) is 134 cm³/mol. The zero-order valence-electron chi connectivity index (χ0n) is 19.9. The number of benzene rings is 1. The Bertz CT molecular complexity index is 1400. The van der Waals surface area contributed by atoms with E-state index in [-0.39, 0.29) is 35.8 Å². The lowest BCUT2D eigenvalue weighted by Crippen LogP contribution is -2.33. The molecule has 3 aliphatic heterocycles. The molecule has 0 aliphatic carbocycles. The van der Waals surface area contributed by atoms with Gasteiger partial charge in [0, 0.05) is 25.2 Å². The molecular formula is C24H29N4O6PS. The summed E-state index contributed by atoms with van der Waals surface area (Å²) in [6.45, 7) is 2.89. The van der Waals surface area contributed by atoms with Gasteiger partial charge in [-0.25, -0.2) is 18.1 Å². The lowest BCUT2D eigenvalue weighted by atomic mass is 10.1. The topological polar surface area (TPSA) is 116 Å². The van der Waals surface area contributed by atoms with E-state index in [1.807, 2.05) is 16.8 Å². The molecule has 0 amide bonds. The van der Waals surface area contributed by atoms with E-state index in [2.05, 4.69) is 21.6 Å². The Hall–Kier alpha value is -2.14. The van der Waals surface area contributed by atoms with E-state index in [9.17, 15) is 13.2 Å². The summed E-state index contributed by atoms with van der Waals surface area (Å²) < 4.78 is 49.4. The zero-order valence-corrected chi connectivity index (χ0v) is 21.6. The third kappa shape index (κ3) is 4.31. The van der Waals surface area contributed by atoms with Crippen molar-refractivity contribution >= 4 is 29.4 Å². The van der Waals surface area contributed by atoms with Crippen LogP contribution in [0.1, 0.15) is 38.8 Å². The Labute approximate surface area is 210 Å². The van der Waals surface area contributed by atoms with E-state index >= 15 is 0 Å². The fourth-order valence-electron chi connectivity index (χ4n) is 5.45. The largest absolute Gasteiger partial charge is 0.352 e. The molecule has 6 atom stereocenters. The number of sulfone groups is 1. The molecule has 12 heteroatoms. The number of ether oxygens (including phenoxy) is 1. The minimum Gasteiger partial charge on any atom is -0.352 e. The van der Waals surface area contributed by atoms with Crippen LogP contribution in [-0.4, -0.2) is 64.3 Å². The van der Waals surface area contributed by atoms with Crippen LogP contribution in [0.25, 0.3) is 11.0 Å². The second kappa shape index (κ2) is 9.63. The monoisotopic (exact) mass is 532 g/mol. The smallest absolute Gasteiger partial charge is 0.260 e. The molecule has 6 rings (SSSR count). The number of nitrogens with one attached hydrogen (secondary N) is 1. The Morgan fingerprint density at radius 1 is 1.22 bits per heavy atom. The van der Waals surface area contributed by atoms with E-state index in [4.69, 9.17) is 13.8 Å². The molecular weight excluding hydrogens is 503 g/mol. The number of aromatic amines is 1. The lowest BCUT2D eigenvalue weighted by molar-refractivity contribution is -0.0149. The maximum Gasteiger partial charge on any atom is 0.260 e. The van der Waals surface area contributed by atoms with Crippen LogP contribution in [0.15, 0.2) is 58.6 Å². The summed E-state index contributed by atoms with van der Waals surface area (Å²) in [7, 11) is -4.87. The quantitative estimate of drug-likeness (QED) is 0.461. The molecule has 0 bridgehead atoms. The number of H-pyrrole nitrogens is 1. The molecule has 10 nitrogen and oxygen atoms in total. The highest BCUT2D eigenvalue weighted by Crippen LogP contribution is 2.58. The average Bonchev–Trinajstić information content (AvgIpc) is 3.65. The van der Waals surface area contributed by atoms with Gasteiger partial charge in [-0.05, 0) is 37.5 Å². The molecule has 5 heterocycles. The zero-order chi connectivity index (χ0) is 24.9. The molecule has 0 spiro atoms. The van der Waals surface area contributed by atoms with Gasteiger partial charge in [-0.3, -0.25) is 4.79 Å². The molecule has 192 valence electrons. The van der Waals surface area contributed by atoms with Crippen molar-refractivity contribution in [2.24, 2.45) is 0 Å². The van der Waals surface area contributed by atoms with E-state index in [0.29, 0.717) is 22.3 Å². The van der Waals surface area contributed by atoms with Crippen molar-refractivity contribution in [3.8, 4) is 0 Å². The Morgan fingerprint density at radius 2 is 2.06 bits per heavy atom. The van der Waals surface area contributed by atoms with E-state index in [1.165, 1.54) is 6.33 Å². The molecule has 1 aromatic carbocycles. The van der Waals surface area contributed by atoms with Crippen LogP contribution < -0.4 is 5.56 Å². The predicted octanol–water partition coefficient (Wildman–Crippen LogP) is 3.37. The van der Waals surface area contributed by atoms with Gasteiger partial charge in [0.05, 0.1) is 40.7 Å². The Kier molecular flexibility index (Phi) is 6.47. The first-order valence-corrected chi connectivity index (χ1v) is 15.1. The van der Waals surface area contributed by atoms with Crippen LogP contribution in [-0.2, 0) is 23.6 Å². The maximum absolute atomic E-state index is 13.0. The maximum atomic E-state index is 13.0. The van der Waals surface area contributed by atoms with Crippen LogP contribution in [0.5, 0.6) is 0 Å². The first-order valence-electron chi connectivity index (χ1n) is 12.3. The summed E-state index contributed by atoms with van der Waals surface area (Å²) in [5.41, 5.74) is 0.392. The van der Waals surface area contributed by atoms with Gasteiger partial charge in [0.2, 0.25) is 0 Å². The standard InChI is InChI=1S/C24H29N4O6PS/c1-2-19-20(13-22(32-19)27-12-10-17-23(27)25-15-26-24(17)29)33-35-28-11-6-9-18(28)21(34-35)14-36(30,31)16-7-4-3-5-8-16/h3-5,7-8,10,12,15,18-22H,2,6,9,11,13-14H2,1H3,(H,25,26,29)/t18-,19-,20?,21+,22-,35-/m1/s1. The molecule has 0 saturated carbocycles. The van der Waals surface area contributed by atoms with Crippen molar-refractivity contribution < 1.29 is 22.2 Å². The third-order valence-electron chi connectivity index (χ3n) is 7.25. The van der Waals surface area contributed by atoms with E-state index in [1.54, 1.807) is 30.3 Å². The fourth-order valence-corrected chi connectivity index (χ4v) is 9.04. The fraction of sp³-hybridized carbons (Fsp3) is 0.500. The van der Waals surface area contributed by atoms with Crippen molar-refractivity contribution in [1.82, 2.24) is 19.2 Å². The summed E-state index contributed by atoms with van der Waals surface area (Å²) in [6, 6.07) is 10.3. The number of rotatable bonds is 7. The highest BCUT2D eigenvalue weighted by atomic mass is 32.2. The summed E-state index contributed by atoms with van der Waals surface area (Å²) in [5.74, 6) is -0.0586. The molecule has 1 N–H and O–H groups in total. The second-order valence-corrected chi connectivity index (χ2v) is 12.9. The molecule has 3 saturated heterocycles. The normalized spacial score (nSPS) is 30.8. The minimum absolute atomic E-state index is 0.0390.